The number of anilines is 2. The molecule has 1 aliphatic carbocycles. The van der Waals surface area contributed by atoms with Crippen molar-refractivity contribution in [3.05, 3.63) is 60.0 Å². The number of hydrogen-bond acceptors (Lipinski definition) is 7. The Morgan fingerprint density at radius 2 is 1.78 bits per heavy atom. The van der Waals surface area contributed by atoms with Gasteiger partial charge in [0.25, 0.3) is 11.8 Å². The summed E-state index contributed by atoms with van der Waals surface area (Å²) in [7, 11) is 0. The Labute approximate surface area is 232 Å². The average molecular weight is 563 g/mol. The van der Waals surface area contributed by atoms with E-state index in [1.54, 1.807) is 19.1 Å². The molecule has 41 heavy (non-hydrogen) atoms. The number of alkyl halides is 3. The minimum absolute atomic E-state index is 0.0241. The topological polar surface area (TPSA) is 141 Å². The first kappa shape index (κ1) is 27.6. The number of rotatable bonds is 5. The van der Waals surface area contributed by atoms with Crippen molar-refractivity contribution >= 4 is 34.5 Å². The molecule has 2 amide bonds. The molecule has 3 aromatic heterocycles. The van der Waals surface area contributed by atoms with Crippen molar-refractivity contribution in [3.63, 3.8) is 0 Å². The number of halogens is 3. The predicted molar refractivity (Wildman–Crippen MR) is 145 cm³/mol. The molecule has 210 valence electrons. The van der Waals surface area contributed by atoms with Gasteiger partial charge in [0.1, 0.15) is 23.7 Å². The molecule has 0 radical (unpaired) electrons. The molecule has 0 atom stereocenters. The van der Waals surface area contributed by atoms with Gasteiger partial charge in [0.2, 0.25) is 0 Å². The maximum Gasteiger partial charge on any atom is 0.416 e. The second-order valence-electron chi connectivity index (χ2n) is 9.56. The largest absolute Gasteiger partial charge is 0.416 e. The first-order valence-electron chi connectivity index (χ1n) is 12.8. The number of hydrogen-bond donors (Lipinski definition) is 3. The molecule has 1 aromatic carbocycles. The highest BCUT2D eigenvalue weighted by Gasteiger charge is 2.31. The summed E-state index contributed by atoms with van der Waals surface area (Å²) in [4.78, 5) is 36.9. The third-order valence-corrected chi connectivity index (χ3v) is 6.88. The second-order valence-corrected chi connectivity index (χ2v) is 9.56. The molecular weight excluding hydrogens is 537 g/mol. The van der Waals surface area contributed by atoms with Crippen LogP contribution in [0.3, 0.4) is 0 Å². The van der Waals surface area contributed by atoms with Gasteiger partial charge in [-0.25, -0.2) is 19.6 Å². The second kappa shape index (κ2) is 11.2. The van der Waals surface area contributed by atoms with Crippen molar-refractivity contribution in [2.45, 2.75) is 50.9 Å². The Morgan fingerprint density at radius 1 is 1.05 bits per heavy atom. The molecule has 1 saturated carbocycles. The van der Waals surface area contributed by atoms with Crippen LogP contribution in [0.25, 0.3) is 22.3 Å². The third-order valence-electron chi connectivity index (χ3n) is 6.88. The molecule has 5 rings (SSSR count). The highest BCUT2D eigenvalue weighted by molar-refractivity contribution is 6.04. The molecule has 1 aliphatic rings. The monoisotopic (exact) mass is 562 g/mol. The highest BCUT2D eigenvalue weighted by atomic mass is 19.4. The number of carbonyl (C=O) groups excluding carboxylic acids is 2. The Bertz CT molecular complexity index is 1660. The number of nitrogens with zero attached hydrogens (tertiary/aromatic N) is 5. The fourth-order valence-corrected chi connectivity index (χ4v) is 4.89. The van der Waals surface area contributed by atoms with Gasteiger partial charge in [-0.15, -0.1) is 0 Å². The number of aromatic nitrogens is 5. The van der Waals surface area contributed by atoms with E-state index in [1.165, 1.54) is 18.5 Å². The van der Waals surface area contributed by atoms with Crippen molar-refractivity contribution in [2.75, 3.05) is 11.1 Å². The number of nitrogens with two attached hydrogens (primary N) is 1. The lowest BCUT2D eigenvalue weighted by Crippen LogP contribution is -2.37. The van der Waals surface area contributed by atoms with Crippen LogP contribution < -0.4 is 16.4 Å². The fourth-order valence-electron chi connectivity index (χ4n) is 4.89. The Morgan fingerprint density at radius 3 is 2.46 bits per heavy atom. The van der Waals surface area contributed by atoms with E-state index in [0.29, 0.717) is 22.3 Å². The van der Waals surface area contributed by atoms with Gasteiger partial charge in [-0.1, -0.05) is 18.1 Å². The molecule has 13 heteroatoms. The summed E-state index contributed by atoms with van der Waals surface area (Å²) in [5, 5.41) is 10.7. The zero-order valence-electron chi connectivity index (χ0n) is 21.9. The minimum Gasteiger partial charge on any atom is -0.383 e. The van der Waals surface area contributed by atoms with Crippen LogP contribution in [0.4, 0.5) is 24.8 Å². The third kappa shape index (κ3) is 5.96. The highest BCUT2D eigenvalue weighted by Crippen LogP contribution is 2.36. The maximum absolute atomic E-state index is 13.0. The molecule has 0 bridgehead atoms. The van der Waals surface area contributed by atoms with Gasteiger partial charge in [-0.2, -0.15) is 18.3 Å². The first-order valence-corrected chi connectivity index (χ1v) is 12.8. The van der Waals surface area contributed by atoms with Crippen molar-refractivity contribution in [3.8, 4) is 23.1 Å². The number of carbonyl (C=O) groups is 2. The van der Waals surface area contributed by atoms with E-state index in [1.807, 2.05) is 4.68 Å². The summed E-state index contributed by atoms with van der Waals surface area (Å²) in [5.74, 6) is 4.24. The quantitative estimate of drug-likeness (QED) is 0.307. The number of nitrogens with one attached hydrogen (secondary N) is 2. The lowest BCUT2D eigenvalue weighted by molar-refractivity contribution is -0.137. The molecule has 4 aromatic rings. The van der Waals surface area contributed by atoms with Gasteiger partial charge in [0.05, 0.1) is 17.0 Å². The summed E-state index contributed by atoms with van der Waals surface area (Å²) in [6.45, 7) is 1.62. The minimum atomic E-state index is -4.55. The SMILES string of the molecule is CC#CC(=O)N[C@H]1CC[C@H](n2nc(-c3ccc(C(=O)Nc4cc(C(F)(F)F)ccn4)cc3)c3c(N)ncnc32)CC1. The van der Waals surface area contributed by atoms with Gasteiger partial charge >= 0.3 is 6.18 Å². The van der Waals surface area contributed by atoms with Crippen LogP contribution in [0.5, 0.6) is 0 Å². The molecule has 3 heterocycles. The van der Waals surface area contributed by atoms with E-state index in [4.69, 9.17) is 10.8 Å². The van der Waals surface area contributed by atoms with Crippen LogP contribution in [0.15, 0.2) is 48.9 Å². The van der Waals surface area contributed by atoms with E-state index in [9.17, 15) is 22.8 Å². The standard InChI is InChI=1S/C28H25F3N8O2/c1-2-3-22(40)36-19-8-10-20(11-9-19)39-26-23(25(32)34-15-35-26)24(38-39)16-4-6-17(7-5-16)27(41)37-21-14-18(12-13-33-21)28(29,30)31/h4-7,12-15,19-20H,8-11H2,1H3,(H,36,40)(H2,32,34,35)(H,33,37,41)/t19-,20-. The molecule has 1 fully saturated rings. The number of nitrogen functional groups attached to an aromatic ring is 1. The summed E-state index contributed by atoms with van der Waals surface area (Å²) in [6.07, 6.45) is 0.831. The molecule has 0 spiro atoms. The van der Waals surface area contributed by atoms with Gasteiger partial charge in [-0.3, -0.25) is 9.59 Å². The lowest BCUT2D eigenvalue weighted by atomic mass is 9.91. The molecule has 0 saturated heterocycles. The zero-order chi connectivity index (χ0) is 29.1. The van der Waals surface area contributed by atoms with E-state index in [2.05, 4.69) is 37.4 Å². The number of benzene rings is 1. The Kier molecular flexibility index (Phi) is 7.56. The van der Waals surface area contributed by atoms with Crippen LogP contribution in [0.1, 0.15) is 54.6 Å². The first-order chi connectivity index (χ1) is 19.6. The van der Waals surface area contributed by atoms with Crippen molar-refractivity contribution in [1.82, 2.24) is 30.0 Å². The zero-order valence-corrected chi connectivity index (χ0v) is 21.9. The Balaban J connectivity index is 1.36. The van der Waals surface area contributed by atoms with Gasteiger partial charge in [0, 0.05) is 23.4 Å². The maximum atomic E-state index is 13.0. The van der Waals surface area contributed by atoms with E-state index < -0.39 is 17.6 Å². The number of amides is 2. The van der Waals surface area contributed by atoms with Crippen molar-refractivity contribution in [1.29, 1.82) is 0 Å². The van der Waals surface area contributed by atoms with Crippen LogP contribution in [0, 0.1) is 11.8 Å². The normalized spacial score (nSPS) is 17.0. The van der Waals surface area contributed by atoms with Crippen LogP contribution in [-0.2, 0) is 11.0 Å². The molecular formula is C28H25F3N8O2. The van der Waals surface area contributed by atoms with E-state index in [-0.39, 0.29) is 35.2 Å². The van der Waals surface area contributed by atoms with Crippen molar-refractivity contribution in [2.24, 2.45) is 0 Å². The summed E-state index contributed by atoms with van der Waals surface area (Å²) in [6, 6.07) is 8.08. The van der Waals surface area contributed by atoms with Gasteiger partial charge in [0.15, 0.2) is 5.65 Å². The molecule has 0 aliphatic heterocycles. The van der Waals surface area contributed by atoms with Crippen LogP contribution in [-0.4, -0.2) is 42.6 Å². The van der Waals surface area contributed by atoms with Gasteiger partial charge in [-0.05, 0) is 62.8 Å². The average Bonchev–Trinajstić information content (AvgIpc) is 3.34. The number of fused-ring (bicyclic) bond motifs is 1. The molecule has 10 nitrogen and oxygen atoms in total. The Hall–Kier alpha value is -4.99. The smallest absolute Gasteiger partial charge is 0.383 e. The lowest BCUT2D eigenvalue weighted by Gasteiger charge is -2.28. The van der Waals surface area contributed by atoms with E-state index >= 15 is 0 Å². The van der Waals surface area contributed by atoms with Crippen LogP contribution in [0.2, 0.25) is 0 Å². The number of pyridine rings is 1. The van der Waals surface area contributed by atoms with Crippen molar-refractivity contribution < 1.29 is 22.8 Å². The molecule has 0 unspecified atom stereocenters. The summed E-state index contributed by atoms with van der Waals surface area (Å²) >= 11 is 0. The summed E-state index contributed by atoms with van der Waals surface area (Å²) < 4.78 is 40.8. The molecule has 4 N–H and O–H groups in total. The van der Waals surface area contributed by atoms with E-state index in [0.717, 1.165) is 44.0 Å². The summed E-state index contributed by atoms with van der Waals surface area (Å²) in [5.41, 5.74) is 7.31. The predicted octanol–water partition coefficient (Wildman–Crippen LogP) is 4.36. The van der Waals surface area contributed by atoms with Gasteiger partial charge < -0.3 is 16.4 Å². The fraction of sp³-hybridized carbons (Fsp3) is 0.286. The van der Waals surface area contributed by atoms with Crippen LogP contribution >= 0.6 is 0 Å².